The van der Waals surface area contributed by atoms with E-state index in [0.717, 1.165) is 15.7 Å². The second-order valence-electron chi connectivity index (χ2n) is 5.64. The fourth-order valence-corrected chi connectivity index (χ4v) is 2.09. The summed E-state index contributed by atoms with van der Waals surface area (Å²) in [5.41, 5.74) is 1.59. The van der Waals surface area contributed by atoms with Crippen LogP contribution < -0.4 is 4.74 Å². The Bertz CT molecular complexity index is 606. The third-order valence-corrected chi connectivity index (χ3v) is 3.52. The quantitative estimate of drug-likeness (QED) is 0.902. The Kier molecular flexibility index (Phi) is 4.45. The molecule has 1 N–H and O–H groups in total. The van der Waals surface area contributed by atoms with E-state index in [4.69, 9.17) is 4.74 Å². The van der Waals surface area contributed by atoms with Gasteiger partial charge < -0.3 is 9.84 Å². The number of aliphatic hydroxyl groups excluding tert-OH is 1. The number of rotatable bonds is 3. The van der Waals surface area contributed by atoms with Crippen molar-refractivity contribution in [3.05, 3.63) is 52.1 Å². The lowest BCUT2D eigenvalue weighted by Crippen LogP contribution is -2.14. The van der Waals surface area contributed by atoms with Gasteiger partial charge in [-0.2, -0.15) is 0 Å². The molecule has 1 heterocycles. The monoisotopic (exact) mass is 335 g/mol. The van der Waals surface area contributed by atoms with Gasteiger partial charge in [-0.25, -0.2) is 4.98 Å². The van der Waals surface area contributed by atoms with Gasteiger partial charge >= 0.3 is 0 Å². The molecule has 0 atom stereocenters. The van der Waals surface area contributed by atoms with E-state index in [9.17, 15) is 5.11 Å². The van der Waals surface area contributed by atoms with Crippen molar-refractivity contribution in [3.63, 3.8) is 0 Å². The van der Waals surface area contributed by atoms with E-state index in [1.54, 1.807) is 6.07 Å². The Labute approximate surface area is 127 Å². The molecule has 0 saturated carbocycles. The van der Waals surface area contributed by atoms with Gasteiger partial charge in [0, 0.05) is 11.5 Å². The number of nitrogens with zero attached hydrogens (tertiary/aromatic N) is 1. The normalized spacial score (nSPS) is 11.4. The molecule has 0 radical (unpaired) electrons. The van der Waals surface area contributed by atoms with Gasteiger partial charge in [0.25, 0.3) is 0 Å². The first-order chi connectivity index (χ1) is 9.40. The minimum Gasteiger partial charge on any atom is -0.438 e. The molecule has 0 saturated heterocycles. The maximum atomic E-state index is 9.38. The number of hydrogen-bond acceptors (Lipinski definition) is 3. The molecular weight excluding hydrogens is 318 g/mol. The lowest BCUT2D eigenvalue weighted by Gasteiger charge is -2.19. The number of ether oxygens (including phenoxy) is 1. The van der Waals surface area contributed by atoms with Crippen LogP contribution in [-0.2, 0) is 12.0 Å². The van der Waals surface area contributed by atoms with E-state index in [2.05, 4.69) is 41.7 Å². The first-order valence-electron chi connectivity index (χ1n) is 6.45. The number of benzene rings is 1. The van der Waals surface area contributed by atoms with Gasteiger partial charge in [-0.15, -0.1) is 0 Å². The summed E-state index contributed by atoms with van der Waals surface area (Å²) in [6.07, 6.45) is 0. The summed E-state index contributed by atoms with van der Waals surface area (Å²) in [7, 11) is 0. The van der Waals surface area contributed by atoms with Crippen LogP contribution >= 0.6 is 15.9 Å². The Morgan fingerprint density at radius 1 is 1.20 bits per heavy atom. The molecule has 0 spiro atoms. The van der Waals surface area contributed by atoms with Gasteiger partial charge in [0.1, 0.15) is 5.75 Å². The Morgan fingerprint density at radius 2 is 1.90 bits per heavy atom. The fourth-order valence-electron chi connectivity index (χ4n) is 1.73. The third kappa shape index (κ3) is 3.58. The zero-order valence-corrected chi connectivity index (χ0v) is 13.4. The number of pyridine rings is 1. The van der Waals surface area contributed by atoms with Crippen molar-refractivity contribution in [1.29, 1.82) is 0 Å². The molecule has 0 amide bonds. The number of aromatic nitrogens is 1. The topological polar surface area (TPSA) is 42.4 Å². The summed E-state index contributed by atoms with van der Waals surface area (Å²) in [4.78, 5) is 4.53. The molecule has 0 aliphatic heterocycles. The maximum Gasteiger partial charge on any atom is 0.219 e. The van der Waals surface area contributed by atoms with Gasteiger partial charge in [-0.1, -0.05) is 32.9 Å². The molecule has 106 valence electrons. The van der Waals surface area contributed by atoms with Crippen LogP contribution in [0.1, 0.15) is 32.0 Å². The average Bonchev–Trinajstić information content (AvgIpc) is 2.40. The standard InChI is InChI=1S/C16H18BrNO2/c1-16(2,3)14-8-11(10-19)9-15(18-14)20-13-7-5-4-6-12(13)17/h4-9,19H,10H2,1-3H3. The molecule has 0 aliphatic carbocycles. The van der Waals surface area contributed by atoms with Gasteiger partial charge in [0.15, 0.2) is 0 Å². The molecule has 1 aromatic heterocycles. The van der Waals surface area contributed by atoms with Crippen LogP contribution in [0.5, 0.6) is 11.6 Å². The summed E-state index contributed by atoms with van der Waals surface area (Å²) >= 11 is 3.45. The summed E-state index contributed by atoms with van der Waals surface area (Å²) < 4.78 is 6.69. The smallest absolute Gasteiger partial charge is 0.219 e. The van der Waals surface area contributed by atoms with Crippen molar-refractivity contribution in [3.8, 4) is 11.6 Å². The summed E-state index contributed by atoms with van der Waals surface area (Å²) in [5.74, 6) is 1.20. The van der Waals surface area contributed by atoms with Crippen LogP contribution in [0.25, 0.3) is 0 Å². The lowest BCUT2D eigenvalue weighted by atomic mass is 9.91. The molecule has 0 fully saturated rings. The minimum absolute atomic E-state index is 0.0298. The van der Waals surface area contributed by atoms with Crippen molar-refractivity contribution in [2.45, 2.75) is 32.8 Å². The van der Waals surface area contributed by atoms with E-state index in [0.29, 0.717) is 11.6 Å². The van der Waals surface area contributed by atoms with Crippen LogP contribution in [0.2, 0.25) is 0 Å². The van der Waals surface area contributed by atoms with Gasteiger partial charge in [-0.3, -0.25) is 0 Å². The maximum absolute atomic E-state index is 9.38. The number of halogens is 1. The summed E-state index contributed by atoms with van der Waals surface area (Å²) in [6, 6.07) is 11.3. The highest BCUT2D eigenvalue weighted by Gasteiger charge is 2.18. The Hall–Kier alpha value is -1.39. The molecule has 0 aliphatic rings. The molecule has 0 bridgehead atoms. The van der Waals surface area contributed by atoms with E-state index < -0.39 is 0 Å². The van der Waals surface area contributed by atoms with E-state index in [-0.39, 0.29) is 12.0 Å². The first kappa shape index (κ1) is 15.0. The average molecular weight is 336 g/mol. The number of aliphatic hydroxyl groups is 1. The SMILES string of the molecule is CC(C)(C)c1cc(CO)cc(Oc2ccccc2Br)n1. The lowest BCUT2D eigenvalue weighted by molar-refractivity contribution is 0.280. The molecule has 3 nitrogen and oxygen atoms in total. The molecule has 2 rings (SSSR count). The second kappa shape index (κ2) is 5.94. The molecule has 0 unspecified atom stereocenters. The largest absolute Gasteiger partial charge is 0.438 e. The van der Waals surface area contributed by atoms with Crippen LogP contribution in [0.4, 0.5) is 0 Å². The van der Waals surface area contributed by atoms with Crippen molar-refractivity contribution in [2.75, 3.05) is 0 Å². The second-order valence-corrected chi connectivity index (χ2v) is 6.49. The van der Waals surface area contributed by atoms with Crippen molar-refractivity contribution in [2.24, 2.45) is 0 Å². The number of hydrogen-bond donors (Lipinski definition) is 1. The number of para-hydroxylation sites is 1. The molecule has 4 heteroatoms. The molecule has 20 heavy (non-hydrogen) atoms. The van der Waals surface area contributed by atoms with Gasteiger partial charge in [0.05, 0.1) is 16.8 Å². The van der Waals surface area contributed by atoms with Crippen LogP contribution in [0.15, 0.2) is 40.9 Å². The molecule has 2 aromatic rings. The highest BCUT2D eigenvalue weighted by Crippen LogP contribution is 2.30. The van der Waals surface area contributed by atoms with Crippen LogP contribution in [-0.4, -0.2) is 10.1 Å². The zero-order valence-electron chi connectivity index (χ0n) is 11.9. The van der Waals surface area contributed by atoms with Crippen LogP contribution in [0, 0.1) is 0 Å². The highest BCUT2D eigenvalue weighted by atomic mass is 79.9. The predicted octanol–water partition coefficient (Wildman–Crippen LogP) is 4.43. The first-order valence-corrected chi connectivity index (χ1v) is 7.24. The van der Waals surface area contributed by atoms with Gasteiger partial charge in [0.2, 0.25) is 5.88 Å². The summed E-state index contributed by atoms with van der Waals surface area (Å²) in [5, 5.41) is 9.38. The fraction of sp³-hybridized carbons (Fsp3) is 0.312. The molecule has 1 aromatic carbocycles. The van der Waals surface area contributed by atoms with Gasteiger partial charge in [-0.05, 0) is 39.7 Å². The Balaban J connectivity index is 2.39. The minimum atomic E-state index is -0.1000. The van der Waals surface area contributed by atoms with Crippen molar-refractivity contribution < 1.29 is 9.84 Å². The Morgan fingerprint density at radius 3 is 2.50 bits per heavy atom. The highest BCUT2D eigenvalue weighted by molar-refractivity contribution is 9.10. The van der Waals surface area contributed by atoms with E-state index in [1.807, 2.05) is 30.3 Å². The van der Waals surface area contributed by atoms with E-state index >= 15 is 0 Å². The van der Waals surface area contributed by atoms with E-state index in [1.165, 1.54) is 0 Å². The van der Waals surface area contributed by atoms with Crippen LogP contribution in [0.3, 0.4) is 0 Å². The molecular formula is C16H18BrNO2. The summed E-state index contributed by atoms with van der Waals surface area (Å²) in [6.45, 7) is 6.22. The zero-order chi connectivity index (χ0) is 14.8. The van der Waals surface area contributed by atoms with Crippen molar-refractivity contribution in [1.82, 2.24) is 4.98 Å². The predicted molar refractivity (Wildman–Crippen MR) is 83.1 cm³/mol. The van der Waals surface area contributed by atoms with Crippen molar-refractivity contribution >= 4 is 15.9 Å². The third-order valence-electron chi connectivity index (χ3n) is 2.86.